The third-order valence-electron chi connectivity index (χ3n) is 4.33. The molecule has 11 heteroatoms. The lowest BCUT2D eigenvalue weighted by Gasteiger charge is -2.37. The van der Waals surface area contributed by atoms with Crippen LogP contribution in [0.3, 0.4) is 0 Å². The predicted molar refractivity (Wildman–Crippen MR) is 81.2 cm³/mol. The Labute approximate surface area is 135 Å². The average molecular weight is 338 g/mol. The van der Waals surface area contributed by atoms with Crippen LogP contribution in [-0.2, 0) is 10.5 Å². The van der Waals surface area contributed by atoms with Crippen molar-refractivity contribution in [3.63, 3.8) is 0 Å². The maximum Gasteiger partial charge on any atom is 0.267 e. The average Bonchev–Trinajstić information content (AvgIpc) is 3.05. The molecule has 2 aromatic heterocycles. The van der Waals surface area contributed by atoms with Crippen molar-refractivity contribution in [2.24, 2.45) is 5.84 Å². The number of fused-ring (bicyclic) bond motifs is 1. The van der Waals surface area contributed by atoms with E-state index in [4.69, 9.17) is 16.3 Å². The molecule has 0 aliphatic carbocycles. The summed E-state index contributed by atoms with van der Waals surface area (Å²) < 4.78 is 6.44. The molecule has 3 heterocycles. The second kappa shape index (κ2) is 5.36. The highest BCUT2D eigenvalue weighted by molar-refractivity contribution is 6.09. The van der Waals surface area contributed by atoms with Crippen LogP contribution in [0.25, 0.3) is 11.0 Å². The molecule has 3 rings (SSSR count). The number of hydrazine groups is 1. The van der Waals surface area contributed by atoms with Gasteiger partial charge in [0.05, 0.1) is 24.2 Å². The van der Waals surface area contributed by atoms with Crippen molar-refractivity contribution in [1.29, 1.82) is 0 Å². The molecule has 1 aliphatic rings. The zero-order valence-corrected chi connectivity index (χ0v) is 12.8. The van der Waals surface area contributed by atoms with E-state index in [0.717, 1.165) is 10.9 Å². The van der Waals surface area contributed by atoms with Gasteiger partial charge in [0, 0.05) is 6.20 Å². The van der Waals surface area contributed by atoms with Gasteiger partial charge in [0.2, 0.25) is 5.72 Å². The standard InChI is InChI=1S/C13H18N6O5/c1-12(22)4-24-7(3-20)13(12,23)19-2-6(11(21)18-15)8-9(14)16-5-17-10(8)19/h2,5,7,20,22-23H,3-4,15H2,1H3,(H,18,21)(H2,14,16,17)/t7-,12+,13+/m1/s1. The van der Waals surface area contributed by atoms with E-state index < -0.39 is 29.9 Å². The highest BCUT2D eigenvalue weighted by Crippen LogP contribution is 2.42. The normalized spacial score (nSPS) is 30.0. The monoisotopic (exact) mass is 338 g/mol. The van der Waals surface area contributed by atoms with E-state index in [-0.39, 0.29) is 29.0 Å². The van der Waals surface area contributed by atoms with Crippen LogP contribution in [-0.4, -0.2) is 60.7 Å². The number of hydrogen-bond acceptors (Lipinski definition) is 9. The van der Waals surface area contributed by atoms with Crippen LogP contribution in [0.5, 0.6) is 0 Å². The number of aliphatic hydroxyl groups is 3. The van der Waals surface area contributed by atoms with Crippen molar-refractivity contribution < 1.29 is 24.9 Å². The van der Waals surface area contributed by atoms with Gasteiger partial charge in [0.1, 0.15) is 29.5 Å². The maximum atomic E-state index is 12.0. The number of aromatic nitrogens is 3. The second-order valence-corrected chi connectivity index (χ2v) is 5.83. The minimum atomic E-state index is -2.09. The van der Waals surface area contributed by atoms with E-state index in [2.05, 4.69) is 9.97 Å². The highest BCUT2D eigenvalue weighted by atomic mass is 16.6. The van der Waals surface area contributed by atoms with E-state index in [9.17, 15) is 20.1 Å². The number of carbonyl (C=O) groups is 1. The number of nitrogens with one attached hydrogen (secondary N) is 1. The summed E-state index contributed by atoms with van der Waals surface area (Å²) in [5.41, 5.74) is 4.06. The molecule has 1 saturated heterocycles. The quantitative estimate of drug-likeness (QED) is 0.198. The Bertz CT molecular complexity index is 805. The van der Waals surface area contributed by atoms with E-state index in [0.29, 0.717) is 0 Å². The molecule has 0 bridgehead atoms. The molecule has 1 aliphatic heterocycles. The van der Waals surface area contributed by atoms with Crippen LogP contribution >= 0.6 is 0 Å². The Balaban J connectivity index is 2.34. The van der Waals surface area contributed by atoms with Gasteiger partial charge in [-0.25, -0.2) is 15.8 Å². The number of anilines is 1. The van der Waals surface area contributed by atoms with Gasteiger partial charge in [-0.3, -0.25) is 14.8 Å². The number of nitrogens with zero attached hydrogens (tertiary/aromatic N) is 3. The molecule has 1 fully saturated rings. The lowest BCUT2D eigenvalue weighted by atomic mass is 9.91. The number of amides is 1. The largest absolute Gasteiger partial charge is 0.393 e. The van der Waals surface area contributed by atoms with E-state index in [1.807, 2.05) is 5.43 Å². The fourth-order valence-corrected chi connectivity index (χ4v) is 3.02. The molecular formula is C13H18N6O5. The first-order valence-electron chi connectivity index (χ1n) is 7.08. The smallest absolute Gasteiger partial charge is 0.267 e. The van der Waals surface area contributed by atoms with Crippen molar-refractivity contribution in [3.8, 4) is 0 Å². The Morgan fingerprint density at radius 1 is 1.54 bits per heavy atom. The van der Waals surface area contributed by atoms with E-state index in [1.54, 1.807) is 0 Å². The topological polar surface area (TPSA) is 182 Å². The Hall–Kier alpha value is -2.31. The lowest BCUT2D eigenvalue weighted by molar-refractivity contribution is -0.186. The summed E-state index contributed by atoms with van der Waals surface area (Å²) in [6, 6.07) is 0. The molecule has 0 unspecified atom stereocenters. The third kappa shape index (κ3) is 2.00. The molecule has 0 aromatic carbocycles. The molecule has 2 aromatic rings. The van der Waals surface area contributed by atoms with Gasteiger partial charge in [-0.15, -0.1) is 0 Å². The first kappa shape index (κ1) is 16.5. The molecular weight excluding hydrogens is 320 g/mol. The van der Waals surface area contributed by atoms with Gasteiger partial charge in [-0.2, -0.15) is 0 Å². The number of aliphatic hydroxyl groups excluding tert-OH is 1. The number of hydrogen-bond donors (Lipinski definition) is 6. The van der Waals surface area contributed by atoms with Crippen molar-refractivity contribution >= 4 is 22.8 Å². The predicted octanol–water partition coefficient (Wildman–Crippen LogP) is -2.60. The molecule has 130 valence electrons. The first-order valence-corrected chi connectivity index (χ1v) is 7.08. The summed E-state index contributed by atoms with van der Waals surface area (Å²) in [5.74, 6) is 4.50. The second-order valence-electron chi connectivity index (χ2n) is 5.83. The van der Waals surface area contributed by atoms with Gasteiger partial charge in [0.15, 0.2) is 0 Å². The number of ether oxygens (including phenoxy) is 1. The minimum Gasteiger partial charge on any atom is -0.393 e. The Morgan fingerprint density at radius 2 is 2.25 bits per heavy atom. The zero-order valence-electron chi connectivity index (χ0n) is 12.8. The van der Waals surface area contributed by atoms with Gasteiger partial charge < -0.3 is 25.8 Å². The summed E-state index contributed by atoms with van der Waals surface area (Å²) in [4.78, 5) is 19.9. The van der Waals surface area contributed by atoms with Crippen molar-refractivity contribution in [2.45, 2.75) is 24.4 Å². The summed E-state index contributed by atoms with van der Waals surface area (Å²) >= 11 is 0. The van der Waals surface area contributed by atoms with Gasteiger partial charge >= 0.3 is 0 Å². The van der Waals surface area contributed by atoms with Crippen LogP contribution in [0, 0.1) is 0 Å². The van der Waals surface area contributed by atoms with Gasteiger partial charge in [-0.1, -0.05) is 0 Å². The third-order valence-corrected chi connectivity index (χ3v) is 4.33. The van der Waals surface area contributed by atoms with Crippen molar-refractivity contribution in [3.05, 3.63) is 18.1 Å². The molecule has 0 spiro atoms. The van der Waals surface area contributed by atoms with Crippen LogP contribution in [0.2, 0.25) is 0 Å². The Morgan fingerprint density at radius 3 is 2.88 bits per heavy atom. The molecule has 0 saturated carbocycles. The molecule has 1 amide bonds. The summed E-state index contributed by atoms with van der Waals surface area (Å²) in [6.45, 7) is 0.556. The SMILES string of the molecule is C[C@]1(O)CO[C@H](CO)[C@@]1(O)n1cc(C(=O)NN)c2c(N)ncnc21. The van der Waals surface area contributed by atoms with Crippen LogP contribution in [0.4, 0.5) is 5.82 Å². The maximum absolute atomic E-state index is 12.0. The molecule has 8 N–H and O–H groups in total. The minimum absolute atomic E-state index is 0.0000524. The molecule has 24 heavy (non-hydrogen) atoms. The summed E-state index contributed by atoms with van der Waals surface area (Å²) in [5, 5.41) is 31.4. The van der Waals surface area contributed by atoms with Crippen LogP contribution in [0.15, 0.2) is 12.5 Å². The van der Waals surface area contributed by atoms with E-state index >= 15 is 0 Å². The fraction of sp³-hybridized carbons (Fsp3) is 0.462. The van der Waals surface area contributed by atoms with Gasteiger partial charge in [0.25, 0.3) is 5.91 Å². The summed E-state index contributed by atoms with van der Waals surface area (Å²) in [6.07, 6.45) is 1.25. The molecule has 11 nitrogen and oxygen atoms in total. The lowest BCUT2D eigenvalue weighted by Crippen LogP contribution is -2.57. The molecule has 3 atom stereocenters. The van der Waals surface area contributed by atoms with Crippen molar-refractivity contribution in [2.75, 3.05) is 18.9 Å². The van der Waals surface area contributed by atoms with Crippen molar-refractivity contribution in [1.82, 2.24) is 20.0 Å². The number of nitrogens with two attached hydrogens (primary N) is 2. The van der Waals surface area contributed by atoms with Crippen LogP contribution < -0.4 is 17.0 Å². The summed E-state index contributed by atoms with van der Waals surface area (Å²) in [7, 11) is 0. The molecule has 0 radical (unpaired) electrons. The zero-order chi connectivity index (χ0) is 17.7. The number of carbonyl (C=O) groups excluding carboxylic acids is 1. The number of nitrogen functional groups attached to an aromatic ring is 2. The highest BCUT2D eigenvalue weighted by Gasteiger charge is 2.60. The first-order chi connectivity index (χ1) is 11.3. The van der Waals surface area contributed by atoms with Crippen LogP contribution in [0.1, 0.15) is 17.3 Å². The van der Waals surface area contributed by atoms with Gasteiger partial charge in [-0.05, 0) is 6.92 Å². The Kier molecular flexibility index (Phi) is 3.69. The van der Waals surface area contributed by atoms with E-state index in [1.165, 1.54) is 13.1 Å². The fourth-order valence-electron chi connectivity index (χ4n) is 3.02. The number of rotatable bonds is 3.